The van der Waals surface area contributed by atoms with E-state index in [1.165, 1.54) is 82.7 Å². The Morgan fingerprint density at radius 1 is 0.867 bits per heavy atom. The summed E-state index contributed by atoms with van der Waals surface area (Å²) < 4.78 is 15.7. The zero-order chi connectivity index (χ0) is 21.0. The molecule has 166 valence electrons. The summed E-state index contributed by atoms with van der Waals surface area (Å²) in [7, 11) is -2.34. The van der Waals surface area contributed by atoms with Crippen molar-refractivity contribution in [1.29, 1.82) is 0 Å². The maximum absolute atomic E-state index is 15.7. The molecule has 1 aromatic heterocycles. The van der Waals surface area contributed by atoms with Crippen LogP contribution in [0.3, 0.4) is 0 Å². The van der Waals surface area contributed by atoms with Crippen molar-refractivity contribution in [1.82, 2.24) is 4.98 Å². The number of pyridine rings is 1. The molecule has 30 heavy (non-hydrogen) atoms. The SMILES string of the molecule is CC1(C)C2CCC1(C)C(c1ccccn1)C2P(=O)(C1CCCCC1)C1CCCCC1. The van der Waals surface area contributed by atoms with E-state index in [0.29, 0.717) is 28.8 Å². The average Bonchev–Trinajstić information content (AvgIpc) is 3.12. The van der Waals surface area contributed by atoms with Gasteiger partial charge in [0.1, 0.15) is 0 Å². The Kier molecular flexibility index (Phi) is 5.49. The van der Waals surface area contributed by atoms with Gasteiger partial charge in [-0.05, 0) is 67.4 Å². The topological polar surface area (TPSA) is 30.0 Å². The summed E-state index contributed by atoms with van der Waals surface area (Å²) in [6, 6.07) is 6.46. The Hall–Kier alpha value is -0.620. The van der Waals surface area contributed by atoms with Gasteiger partial charge in [0, 0.05) is 34.8 Å². The quantitative estimate of drug-likeness (QED) is 0.455. The van der Waals surface area contributed by atoms with E-state index in [2.05, 4.69) is 32.9 Å². The second-order valence-electron chi connectivity index (χ2n) is 11.9. The summed E-state index contributed by atoms with van der Waals surface area (Å²) in [5, 5.41) is 0. The fourth-order valence-corrected chi connectivity index (χ4v) is 14.6. The van der Waals surface area contributed by atoms with Crippen LogP contribution in [0.25, 0.3) is 0 Å². The number of aromatic nitrogens is 1. The first-order valence-electron chi connectivity index (χ1n) is 12.9. The average molecular weight is 428 g/mol. The molecule has 1 aromatic rings. The molecule has 4 fully saturated rings. The Bertz CT molecular complexity index is 770. The number of fused-ring (bicyclic) bond motifs is 2. The van der Waals surface area contributed by atoms with Crippen LogP contribution in [0.5, 0.6) is 0 Å². The van der Waals surface area contributed by atoms with Gasteiger partial charge in [-0.3, -0.25) is 4.98 Å². The molecule has 1 heterocycles. The monoisotopic (exact) mass is 427 g/mol. The van der Waals surface area contributed by atoms with Gasteiger partial charge in [-0.2, -0.15) is 0 Å². The molecule has 0 radical (unpaired) electrons. The molecule has 2 bridgehead atoms. The van der Waals surface area contributed by atoms with Crippen LogP contribution in [0.1, 0.15) is 109 Å². The smallest absolute Gasteiger partial charge is 0.0974 e. The molecule has 0 spiro atoms. The number of hydrogen-bond donors (Lipinski definition) is 0. The van der Waals surface area contributed by atoms with E-state index in [1.54, 1.807) is 0 Å². The molecule has 2 nitrogen and oxygen atoms in total. The number of hydrogen-bond acceptors (Lipinski definition) is 2. The molecule has 4 aliphatic carbocycles. The zero-order valence-electron chi connectivity index (χ0n) is 19.5. The van der Waals surface area contributed by atoms with E-state index in [0.717, 1.165) is 0 Å². The Morgan fingerprint density at radius 2 is 1.47 bits per heavy atom. The largest absolute Gasteiger partial charge is 0.323 e. The zero-order valence-corrected chi connectivity index (χ0v) is 20.4. The molecule has 0 saturated heterocycles. The Labute approximate surface area is 184 Å². The van der Waals surface area contributed by atoms with Gasteiger partial charge in [0.15, 0.2) is 0 Å². The fourth-order valence-electron chi connectivity index (χ4n) is 8.65. The van der Waals surface area contributed by atoms with E-state index in [1.807, 2.05) is 12.3 Å². The maximum atomic E-state index is 15.7. The maximum Gasteiger partial charge on any atom is 0.0974 e. The van der Waals surface area contributed by atoms with E-state index in [9.17, 15) is 0 Å². The van der Waals surface area contributed by atoms with E-state index >= 15 is 4.57 Å². The van der Waals surface area contributed by atoms with E-state index < -0.39 is 7.14 Å². The molecule has 4 unspecified atom stereocenters. The highest BCUT2D eigenvalue weighted by Crippen LogP contribution is 2.82. The second kappa shape index (κ2) is 7.75. The first kappa shape index (κ1) is 21.2. The number of rotatable bonds is 4. The molecule has 4 atom stereocenters. The third-order valence-corrected chi connectivity index (χ3v) is 15.5. The summed E-state index contributed by atoms with van der Waals surface area (Å²) in [5.74, 6) is 0.978. The van der Waals surface area contributed by atoms with Crippen molar-refractivity contribution >= 4 is 7.14 Å². The molecule has 4 aliphatic rings. The van der Waals surface area contributed by atoms with Gasteiger partial charge in [-0.15, -0.1) is 0 Å². The summed E-state index contributed by atoms with van der Waals surface area (Å²) in [6.45, 7) is 7.54. The van der Waals surface area contributed by atoms with Crippen molar-refractivity contribution in [3.63, 3.8) is 0 Å². The molecule has 5 rings (SSSR count). The van der Waals surface area contributed by atoms with Gasteiger partial charge in [-0.1, -0.05) is 65.4 Å². The van der Waals surface area contributed by atoms with Gasteiger partial charge < -0.3 is 4.57 Å². The molecule has 4 saturated carbocycles. The van der Waals surface area contributed by atoms with Crippen LogP contribution in [0.4, 0.5) is 0 Å². The van der Waals surface area contributed by atoms with Crippen LogP contribution >= 0.6 is 7.14 Å². The summed E-state index contributed by atoms with van der Waals surface area (Å²) >= 11 is 0. The third kappa shape index (κ3) is 2.95. The minimum absolute atomic E-state index is 0.218. The fraction of sp³-hybridized carbons (Fsp3) is 0.815. The first-order valence-corrected chi connectivity index (χ1v) is 14.8. The molecule has 0 amide bonds. The highest BCUT2D eigenvalue weighted by molar-refractivity contribution is 7.66. The van der Waals surface area contributed by atoms with Gasteiger partial charge in [-0.25, -0.2) is 0 Å². The predicted octanol–water partition coefficient (Wildman–Crippen LogP) is 8.02. The highest BCUT2D eigenvalue weighted by Gasteiger charge is 2.71. The normalized spacial score (nSPS) is 37.5. The van der Waals surface area contributed by atoms with Crippen molar-refractivity contribution in [2.75, 3.05) is 0 Å². The molecular formula is C27H42NOP. The van der Waals surface area contributed by atoms with Gasteiger partial charge in [0.05, 0.1) is 7.14 Å². The van der Waals surface area contributed by atoms with Crippen LogP contribution < -0.4 is 0 Å². The summed E-state index contributed by atoms with van der Waals surface area (Å²) in [6.07, 6.45) is 17.3. The van der Waals surface area contributed by atoms with Crippen molar-refractivity contribution in [2.45, 2.75) is 121 Å². The van der Waals surface area contributed by atoms with Crippen molar-refractivity contribution in [3.05, 3.63) is 30.1 Å². The Morgan fingerprint density at radius 3 is 2.00 bits per heavy atom. The lowest BCUT2D eigenvalue weighted by Crippen LogP contribution is -2.38. The second-order valence-corrected chi connectivity index (χ2v) is 15.4. The van der Waals surface area contributed by atoms with Crippen LogP contribution in [-0.2, 0) is 4.57 Å². The molecule has 0 aromatic carbocycles. The lowest BCUT2D eigenvalue weighted by molar-refractivity contribution is 0.133. The lowest BCUT2D eigenvalue weighted by Gasteiger charge is -2.48. The molecule has 0 N–H and O–H groups in total. The molecule has 3 heteroatoms. The van der Waals surface area contributed by atoms with Gasteiger partial charge in [0.2, 0.25) is 0 Å². The third-order valence-electron chi connectivity index (χ3n) is 10.6. The minimum Gasteiger partial charge on any atom is -0.323 e. The summed E-state index contributed by atoms with van der Waals surface area (Å²) in [5.41, 5.74) is 3.06. The lowest BCUT2D eigenvalue weighted by atomic mass is 9.66. The van der Waals surface area contributed by atoms with Crippen molar-refractivity contribution in [2.24, 2.45) is 16.7 Å². The van der Waals surface area contributed by atoms with Crippen molar-refractivity contribution < 1.29 is 4.57 Å². The Balaban J connectivity index is 1.65. The van der Waals surface area contributed by atoms with Gasteiger partial charge >= 0.3 is 0 Å². The van der Waals surface area contributed by atoms with Crippen LogP contribution in [0.2, 0.25) is 0 Å². The molecule has 0 aliphatic heterocycles. The predicted molar refractivity (Wildman–Crippen MR) is 127 cm³/mol. The number of nitrogens with zero attached hydrogens (tertiary/aromatic N) is 1. The van der Waals surface area contributed by atoms with Crippen LogP contribution in [0, 0.1) is 16.7 Å². The van der Waals surface area contributed by atoms with Crippen LogP contribution in [0.15, 0.2) is 24.4 Å². The summed E-state index contributed by atoms with van der Waals surface area (Å²) in [4.78, 5) is 4.92. The standard InChI is InChI=1S/C27H42NOP/c1-26(2)22-17-18-27(26,3)24(23-16-10-11-19-28-23)25(22)30(29,20-12-6-4-7-13-20)21-14-8-5-9-15-21/h10-11,16,19-22,24-25H,4-9,12-15,17-18H2,1-3H3. The molecular weight excluding hydrogens is 385 g/mol. The van der Waals surface area contributed by atoms with E-state index in [4.69, 9.17) is 4.98 Å². The van der Waals surface area contributed by atoms with E-state index in [-0.39, 0.29) is 10.8 Å². The first-order chi connectivity index (χ1) is 14.4. The minimum atomic E-state index is -2.34. The highest BCUT2D eigenvalue weighted by atomic mass is 31.2. The van der Waals surface area contributed by atoms with Gasteiger partial charge in [0.25, 0.3) is 0 Å². The van der Waals surface area contributed by atoms with Crippen LogP contribution in [-0.4, -0.2) is 22.0 Å². The van der Waals surface area contributed by atoms with Crippen molar-refractivity contribution in [3.8, 4) is 0 Å².